The fraction of sp³-hybridized carbons (Fsp3) is 0.250. The number of hydrogen-bond donors (Lipinski definition) is 1. The van der Waals surface area contributed by atoms with Gasteiger partial charge in [0.25, 0.3) is 5.91 Å². The molecule has 3 heterocycles. The van der Waals surface area contributed by atoms with E-state index >= 15 is 0 Å². The van der Waals surface area contributed by atoms with Crippen LogP contribution in [0.15, 0.2) is 65.8 Å². The zero-order valence-electron chi connectivity index (χ0n) is 18.0. The molecular weight excluding hydrogens is 442 g/mol. The van der Waals surface area contributed by atoms with Crippen LogP contribution in [-0.2, 0) is 10.0 Å². The van der Waals surface area contributed by atoms with E-state index in [4.69, 9.17) is 9.47 Å². The third-order valence-electron chi connectivity index (χ3n) is 5.87. The lowest BCUT2D eigenvalue weighted by molar-refractivity contribution is 0.102. The number of fused-ring (bicyclic) bond motifs is 2. The Labute approximate surface area is 192 Å². The van der Waals surface area contributed by atoms with Gasteiger partial charge in [0.15, 0.2) is 11.5 Å². The number of ether oxygens (including phenoxy) is 2. The molecule has 0 aliphatic carbocycles. The minimum atomic E-state index is -3.92. The molecule has 0 unspecified atom stereocenters. The van der Waals surface area contributed by atoms with Crippen molar-refractivity contribution in [1.82, 2.24) is 9.29 Å². The van der Waals surface area contributed by atoms with Gasteiger partial charge >= 0.3 is 0 Å². The summed E-state index contributed by atoms with van der Waals surface area (Å²) >= 11 is 0. The number of pyridine rings is 1. The van der Waals surface area contributed by atoms with Crippen LogP contribution in [0.25, 0.3) is 0 Å². The molecule has 170 valence electrons. The summed E-state index contributed by atoms with van der Waals surface area (Å²) in [5, 5.41) is 2.79. The molecule has 0 bridgehead atoms. The first-order chi connectivity index (χ1) is 15.9. The molecule has 0 spiro atoms. The van der Waals surface area contributed by atoms with Crippen LogP contribution in [0.2, 0.25) is 0 Å². The number of sulfonamides is 1. The number of para-hydroxylation sites is 2. The first kappa shape index (κ1) is 21.4. The predicted octanol–water partition coefficient (Wildman–Crippen LogP) is 4.65. The van der Waals surface area contributed by atoms with Gasteiger partial charge in [-0.05, 0) is 49.1 Å². The molecule has 5 rings (SSSR count). The van der Waals surface area contributed by atoms with Gasteiger partial charge in [-0.15, -0.1) is 0 Å². The zero-order valence-corrected chi connectivity index (χ0v) is 18.8. The molecule has 2 aromatic carbocycles. The van der Waals surface area contributed by atoms with Crippen LogP contribution in [-0.4, -0.2) is 36.7 Å². The Bertz CT molecular complexity index is 1300. The summed E-state index contributed by atoms with van der Waals surface area (Å²) < 4.78 is 40.7. The smallest absolute Gasteiger partial charge is 0.259 e. The number of nitrogens with one attached hydrogen (secondary N) is 1. The number of anilines is 1. The average molecular weight is 466 g/mol. The summed E-state index contributed by atoms with van der Waals surface area (Å²) in [6.45, 7) is 2.95. The molecule has 3 aromatic rings. The monoisotopic (exact) mass is 465 g/mol. The van der Waals surface area contributed by atoms with E-state index in [0.717, 1.165) is 12.8 Å². The lowest BCUT2D eigenvalue weighted by atomic mass is 10.0. The molecule has 0 atom stereocenters. The molecule has 2 aliphatic heterocycles. The van der Waals surface area contributed by atoms with Gasteiger partial charge in [0.05, 0.1) is 17.4 Å². The van der Waals surface area contributed by atoms with E-state index in [1.165, 1.54) is 22.6 Å². The van der Waals surface area contributed by atoms with E-state index in [1.807, 2.05) is 0 Å². The molecule has 8 nitrogen and oxygen atoms in total. The first-order valence-corrected chi connectivity index (χ1v) is 12.2. The maximum absolute atomic E-state index is 13.7. The minimum Gasteiger partial charge on any atom is -0.454 e. The molecule has 1 fully saturated rings. The fourth-order valence-corrected chi connectivity index (χ4v) is 5.54. The highest BCUT2D eigenvalue weighted by Gasteiger charge is 2.34. The van der Waals surface area contributed by atoms with Crippen molar-refractivity contribution in [2.75, 3.05) is 18.4 Å². The second kappa shape index (κ2) is 8.49. The number of piperidine rings is 1. The van der Waals surface area contributed by atoms with Crippen molar-refractivity contribution in [3.63, 3.8) is 0 Å². The Balaban J connectivity index is 1.63. The van der Waals surface area contributed by atoms with Crippen molar-refractivity contribution in [2.45, 2.75) is 24.7 Å². The van der Waals surface area contributed by atoms with Crippen LogP contribution < -0.4 is 14.8 Å². The van der Waals surface area contributed by atoms with Crippen molar-refractivity contribution >= 4 is 21.6 Å². The Hall–Kier alpha value is -3.43. The zero-order chi connectivity index (χ0) is 23.0. The van der Waals surface area contributed by atoms with Crippen molar-refractivity contribution in [3.05, 3.63) is 66.5 Å². The third kappa shape index (κ3) is 4.17. The van der Waals surface area contributed by atoms with Crippen LogP contribution in [0.3, 0.4) is 0 Å². The van der Waals surface area contributed by atoms with Gasteiger partial charge in [-0.25, -0.2) is 8.42 Å². The van der Waals surface area contributed by atoms with Crippen molar-refractivity contribution in [3.8, 4) is 23.0 Å². The van der Waals surface area contributed by atoms with Gasteiger partial charge in [0.2, 0.25) is 10.0 Å². The highest BCUT2D eigenvalue weighted by atomic mass is 32.2. The number of amides is 1. The largest absolute Gasteiger partial charge is 0.454 e. The van der Waals surface area contributed by atoms with Crippen molar-refractivity contribution in [1.29, 1.82) is 0 Å². The van der Waals surface area contributed by atoms with Gasteiger partial charge in [-0.2, -0.15) is 4.31 Å². The highest BCUT2D eigenvalue weighted by molar-refractivity contribution is 7.89. The van der Waals surface area contributed by atoms with Gasteiger partial charge in [0, 0.05) is 25.4 Å². The molecule has 0 saturated carbocycles. The SMILES string of the molecule is CC1CCN(S(=O)(=O)c2cc3c(cc2Oc2cccnc2)Oc2ccccc2NC3=O)CC1. The van der Waals surface area contributed by atoms with Gasteiger partial charge in [0.1, 0.15) is 16.4 Å². The summed E-state index contributed by atoms with van der Waals surface area (Å²) in [6, 6.07) is 13.2. The van der Waals surface area contributed by atoms with Crippen molar-refractivity contribution < 1.29 is 22.7 Å². The summed E-state index contributed by atoms with van der Waals surface area (Å²) in [6.07, 6.45) is 4.65. The second-order valence-electron chi connectivity index (χ2n) is 8.22. The Morgan fingerprint density at radius 3 is 2.64 bits per heavy atom. The Morgan fingerprint density at radius 1 is 1.09 bits per heavy atom. The number of benzene rings is 2. The molecule has 1 amide bonds. The first-order valence-electron chi connectivity index (χ1n) is 10.8. The summed E-state index contributed by atoms with van der Waals surface area (Å²) in [5.41, 5.74) is 0.622. The van der Waals surface area contributed by atoms with Crippen LogP contribution in [0, 0.1) is 5.92 Å². The number of aromatic nitrogens is 1. The van der Waals surface area contributed by atoms with Crippen LogP contribution in [0.1, 0.15) is 30.1 Å². The van der Waals surface area contributed by atoms with E-state index in [2.05, 4.69) is 17.2 Å². The quantitative estimate of drug-likeness (QED) is 0.602. The number of rotatable bonds is 4. The van der Waals surface area contributed by atoms with Crippen molar-refractivity contribution in [2.24, 2.45) is 5.92 Å². The molecule has 2 aliphatic rings. The number of carbonyl (C=O) groups is 1. The normalized spacial score (nSPS) is 16.7. The summed E-state index contributed by atoms with van der Waals surface area (Å²) in [7, 11) is -3.92. The van der Waals surface area contributed by atoms with Gasteiger partial charge in [-0.3, -0.25) is 9.78 Å². The topological polar surface area (TPSA) is 97.8 Å². The molecule has 1 aromatic heterocycles. The highest BCUT2D eigenvalue weighted by Crippen LogP contribution is 2.42. The third-order valence-corrected chi connectivity index (χ3v) is 7.79. The van der Waals surface area contributed by atoms with E-state index in [0.29, 0.717) is 36.2 Å². The second-order valence-corrected chi connectivity index (χ2v) is 10.1. The number of nitrogens with zero attached hydrogens (tertiary/aromatic N) is 2. The molecule has 1 N–H and O–H groups in total. The van der Waals surface area contributed by atoms with E-state index in [-0.39, 0.29) is 22.0 Å². The predicted molar refractivity (Wildman–Crippen MR) is 122 cm³/mol. The number of hydrogen-bond acceptors (Lipinski definition) is 6. The van der Waals surface area contributed by atoms with E-state index < -0.39 is 15.9 Å². The average Bonchev–Trinajstić information content (AvgIpc) is 2.94. The van der Waals surface area contributed by atoms with Crippen LogP contribution >= 0.6 is 0 Å². The van der Waals surface area contributed by atoms with E-state index in [9.17, 15) is 13.2 Å². The Kier molecular flexibility index (Phi) is 5.51. The molecular formula is C24H23N3O5S. The van der Waals surface area contributed by atoms with Crippen LogP contribution in [0.5, 0.6) is 23.0 Å². The van der Waals surface area contributed by atoms with Gasteiger partial charge < -0.3 is 14.8 Å². The molecule has 33 heavy (non-hydrogen) atoms. The molecule has 9 heteroatoms. The van der Waals surface area contributed by atoms with Crippen LogP contribution in [0.4, 0.5) is 5.69 Å². The molecule has 1 saturated heterocycles. The lowest BCUT2D eigenvalue weighted by Gasteiger charge is -2.30. The van der Waals surface area contributed by atoms with Gasteiger partial charge in [-0.1, -0.05) is 19.1 Å². The lowest BCUT2D eigenvalue weighted by Crippen LogP contribution is -2.38. The minimum absolute atomic E-state index is 0.0764. The summed E-state index contributed by atoms with van der Waals surface area (Å²) in [4.78, 5) is 16.9. The maximum atomic E-state index is 13.7. The summed E-state index contributed by atoms with van der Waals surface area (Å²) in [5.74, 6) is 1.13. The fourth-order valence-electron chi connectivity index (χ4n) is 3.95. The number of carbonyl (C=O) groups excluding carboxylic acids is 1. The molecule has 0 radical (unpaired) electrons. The standard InChI is InChI=1S/C24H23N3O5S/c1-16-8-11-27(12-9-16)33(29,30)23-13-18-21(14-22(23)31-17-5-4-10-25-15-17)32-20-7-3-2-6-19(20)26-24(18)28/h2-7,10,13-16H,8-9,11-12H2,1H3,(H,26,28). The maximum Gasteiger partial charge on any atom is 0.259 e. The Morgan fingerprint density at radius 2 is 1.88 bits per heavy atom. The van der Waals surface area contributed by atoms with E-state index in [1.54, 1.807) is 42.6 Å².